The standard InChI is InChI=1S/C13H14F3NO2/c14-13(15,16)10-5-9(8-18)6-11(7-10)17-3-1-12(19)2-4-17/h5-8,12,19H,1-4H2. The Morgan fingerprint density at radius 1 is 1.21 bits per heavy atom. The average molecular weight is 273 g/mol. The lowest BCUT2D eigenvalue weighted by Gasteiger charge is -2.32. The second kappa shape index (κ2) is 5.21. The molecule has 3 nitrogen and oxygen atoms in total. The maximum atomic E-state index is 12.7. The van der Waals surface area contributed by atoms with Crippen LogP contribution in [0.5, 0.6) is 0 Å². The monoisotopic (exact) mass is 273 g/mol. The van der Waals surface area contributed by atoms with E-state index in [1.54, 1.807) is 4.90 Å². The van der Waals surface area contributed by atoms with Crippen LogP contribution < -0.4 is 4.90 Å². The van der Waals surface area contributed by atoms with Crippen LogP contribution in [0.25, 0.3) is 0 Å². The molecule has 0 spiro atoms. The molecular weight excluding hydrogens is 259 g/mol. The van der Waals surface area contributed by atoms with Gasteiger partial charge in [-0.3, -0.25) is 4.79 Å². The third-order valence-electron chi connectivity index (χ3n) is 3.23. The van der Waals surface area contributed by atoms with E-state index in [1.807, 2.05) is 0 Å². The van der Waals surface area contributed by atoms with Crippen molar-refractivity contribution in [3.8, 4) is 0 Å². The van der Waals surface area contributed by atoms with E-state index in [1.165, 1.54) is 6.07 Å². The molecule has 1 fully saturated rings. The van der Waals surface area contributed by atoms with Crippen molar-refractivity contribution in [2.45, 2.75) is 25.1 Å². The first-order valence-corrected chi connectivity index (χ1v) is 6.00. The zero-order valence-electron chi connectivity index (χ0n) is 10.2. The Bertz CT molecular complexity index is 465. The van der Waals surface area contributed by atoms with Crippen LogP contribution in [0.4, 0.5) is 18.9 Å². The molecule has 6 heteroatoms. The summed E-state index contributed by atoms with van der Waals surface area (Å²) in [4.78, 5) is 12.5. The fraction of sp³-hybridized carbons (Fsp3) is 0.462. The Balaban J connectivity index is 2.32. The topological polar surface area (TPSA) is 40.5 Å². The van der Waals surface area contributed by atoms with E-state index in [-0.39, 0.29) is 5.56 Å². The lowest BCUT2D eigenvalue weighted by Crippen LogP contribution is -2.36. The third-order valence-corrected chi connectivity index (χ3v) is 3.23. The summed E-state index contributed by atoms with van der Waals surface area (Å²) >= 11 is 0. The summed E-state index contributed by atoms with van der Waals surface area (Å²) in [5.74, 6) is 0. The van der Waals surface area contributed by atoms with Gasteiger partial charge in [-0.2, -0.15) is 13.2 Å². The molecule has 1 aliphatic rings. The first-order chi connectivity index (χ1) is 8.90. The van der Waals surface area contributed by atoms with Crippen LogP contribution in [0.15, 0.2) is 18.2 Å². The lowest BCUT2D eigenvalue weighted by atomic mass is 10.0. The van der Waals surface area contributed by atoms with Gasteiger partial charge in [0.2, 0.25) is 0 Å². The van der Waals surface area contributed by atoms with E-state index < -0.39 is 17.8 Å². The summed E-state index contributed by atoms with van der Waals surface area (Å²) in [7, 11) is 0. The molecule has 0 aliphatic carbocycles. The molecule has 19 heavy (non-hydrogen) atoms. The minimum absolute atomic E-state index is 0.0101. The summed E-state index contributed by atoms with van der Waals surface area (Å²) in [6.07, 6.45) is -3.41. The van der Waals surface area contributed by atoms with E-state index >= 15 is 0 Å². The van der Waals surface area contributed by atoms with Crippen molar-refractivity contribution >= 4 is 12.0 Å². The van der Waals surface area contributed by atoms with Crippen molar-refractivity contribution in [1.29, 1.82) is 0 Å². The zero-order valence-corrected chi connectivity index (χ0v) is 10.2. The highest BCUT2D eigenvalue weighted by molar-refractivity contribution is 5.78. The number of alkyl halides is 3. The minimum Gasteiger partial charge on any atom is -0.393 e. The molecule has 0 amide bonds. The Hall–Kier alpha value is -1.56. The maximum absolute atomic E-state index is 12.7. The van der Waals surface area contributed by atoms with Gasteiger partial charge in [0.05, 0.1) is 11.7 Å². The fourth-order valence-electron chi connectivity index (χ4n) is 2.17. The molecule has 0 unspecified atom stereocenters. The molecule has 0 aromatic heterocycles. The second-order valence-electron chi connectivity index (χ2n) is 4.65. The second-order valence-corrected chi connectivity index (χ2v) is 4.65. The van der Waals surface area contributed by atoms with Crippen LogP contribution in [0, 0.1) is 0 Å². The van der Waals surface area contributed by atoms with Crippen LogP contribution in [0.2, 0.25) is 0 Å². The Labute approximate surface area is 108 Å². The van der Waals surface area contributed by atoms with Crippen molar-refractivity contribution < 1.29 is 23.1 Å². The number of aliphatic hydroxyl groups excluding tert-OH is 1. The van der Waals surface area contributed by atoms with Gasteiger partial charge in [0.1, 0.15) is 6.29 Å². The maximum Gasteiger partial charge on any atom is 0.416 e. The molecule has 1 heterocycles. The first-order valence-electron chi connectivity index (χ1n) is 6.00. The third kappa shape index (κ3) is 3.26. The quantitative estimate of drug-likeness (QED) is 0.842. The molecule has 0 saturated carbocycles. The number of benzene rings is 1. The van der Waals surface area contributed by atoms with E-state index in [0.717, 1.165) is 12.1 Å². The first kappa shape index (κ1) is 13.9. The predicted molar refractivity (Wildman–Crippen MR) is 64.3 cm³/mol. The van der Waals surface area contributed by atoms with Gasteiger partial charge in [-0.25, -0.2) is 0 Å². The summed E-state index contributed by atoms with van der Waals surface area (Å²) in [5.41, 5.74) is -0.432. The van der Waals surface area contributed by atoms with Gasteiger partial charge in [-0.1, -0.05) is 0 Å². The fourth-order valence-corrected chi connectivity index (χ4v) is 2.17. The molecule has 1 N–H and O–H groups in total. The number of rotatable bonds is 2. The van der Waals surface area contributed by atoms with E-state index in [4.69, 9.17) is 0 Å². The number of piperidine rings is 1. The van der Waals surface area contributed by atoms with Crippen LogP contribution in [0.1, 0.15) is 28.8 Å². The summed E-state index contributed by atoms with van der Waals surface area (Å²) in [6.45, 7) is 0.974. The van der Waals surface area contributed by atoms with Crippen molar-refractivity contribution in [2.24, 2.45) is 0 Å². The van der Waals surface area contributed by atoms with Gasteiger partial charge in [-0.15, -0.1) is 0 Å². The van der Waals surface area contributed by atoms with Gasteiger partial charge >= 0.3 is 6.18 Å². The Kier molecular flexibility index (Phi) is 3.80. The number of aldehydes is 1. The van der Waals surface area contributed by atoms with E-state index in [9.17, 15) is 23.1 Å². The highest BCUT2D eigenvalue weighted by atomic mass is 19.4. The van der Waals surface area contributed by atoms with Crippen molar-refractivity contribution in [1.82, 2.24) is 0 Å². The molecule has 0 radical (unpaired) electrons. The highest BCUT2D eigenvalue weighted by Crippen LogP contribution is 2.33. The molecule has 1 aromatic rings. The number of nitrogens with zero attached hydrogens (tertiary/aromatic N) is 1. The van der Waals surface area contributed by atoms with Gasteiger partial charge in [0, 0.05) is 24.3 Å². The molecular formula is C13H14F3NO2. The molecule has 1 saturated heterocycles. The van der Waals surface area contributed by atoms with Gasteiger partial charge in [0.25, 0.3) is 0 Å². The molecule has 0 bridgehead atoms. The van der Waals surface area contributed by atoms with E-state index in [2.05, 4.69) is 0 Å². The van der Waals surface area contributed by atoms with Crippen LogP contribution in [-0.2, 0) is 6.18 Å². The number of halogens is 3. The van der Waals surface area contributed by atoms with Crippen molar-refractivity contribution in [3.63, 3.8) is 0 Å². The SMILES string of the molecule is O=Cc1cc(N2CCC(O)CC2)cc(C(F)(F)F)c1. The number of hydrogen-bond donors (Lipinski definition) is 1. The van der Waals surface area contributed by atoms with Gasteiger partial charge in [0.15, 0.2) is 0 Å². The molecule has 1 aromatic carbocycles. The molecule has 0 atom stereocenters. The van der Waals surface area contributed by atoms with Gasteiger partial charge < -0.3 is 10.0 Å². The predicted octanol–water partition coefficient (Wildman–Crippen LogP) is 2.48. The largest absolute Gasteiger partial charge is 0.416 e. The normalized spacial score (nSPS) is 17.6. The number of carbonyl (C=O) groups is 1. The molecule has 104 valence electrons. The molecule has 1 aliphatic heterocycles. The van der Waals surface area contributed by atoms with Gasteiger partial charge in [-0.05, 0) is 31.0 Å². The Morgan fingerprint density at radius 3 is 2.37 bits per heavy atom. The average Bonchev–Trinajstić information content (AvgIpc) is 2.38. The van der Waals surface area contributed by atoms with Crippen LogP contribution >= 0.6 is 0 Å². The number of aliphatic hydroxyl groups is 1. The summed E-state index contributed by atoms with van der Waals surface area (Å²) in [6, 6.07) is 3.33. The zero-order chi connectivity index (χ0) is 14.0. The minimum atomic E-state index is -4.47. The highest BCUT2D eigenvalue weighted by Gasteiger charge is 2.32. The lowest BCUT2D eigenvalue weighted by molar-refractivity contribution is -0.137. The number of carbonyl (C=O) groups excluding carboxylic acids is 1. The summed E-state index contributed by atoms with van der Waals surface area (Å²) in [5, 5.41) is 9.40. The van der Waals surface area contributed by atoms with Crippen molar-refractivity contribution in [3.05, 3.63) is 29.3 Å². The Morgan fingerprint density at radius 2 is 1.84 bits per heavy atom. The van der Waals surface area contributed by atoms with Crippen molar-refractivity contribution in [2.75, 3.05) is 18.0 Å². The number of anilines is 1. The smallest absolute Gasteiger partial charge is 0.393 e. The van der Waals surface area contributed by atoms with E-state index in [0.29, 0.717) is 37.9 Å². The summed E-state index contributed by atoms with van der Waals surface area (Å²) < 4.78 is 38.2. The van der Waals surface area contributed by atoms with Crippen LogP contribution in [0.3, 0.4) is 0 Å². The number of hydrogen-bond acceptors (Lipinski definition) is 3. The molecule has 2 rings (SSSR count). The van der Waals surface area contributed by atoms with Crippen LogP contribution in [-0.4, -0.2) is 30.6 Å².